The van der Waals surface area contributed by atoms with Crippen molar-refractivity contribution in [2.75, 3.05) is 19.0 Å². The standard InChI is InChI=1S/C20H18N4O3S/c1-26-18-11-14(12-21)7-8-17(18)27-10-4-6-19(25)24-20-23-16(13-28-20)15-5-2-3-9-22-15/h2-3,5,7-9,11,13H,4,6,10H2,1H3,(H,23,24,25). The van der Waals surface area contributed by atoms with Crippen LogP contribution in [0.3, 0.4) is 0 Å². The first-order valence-electron chi connectivity index (χ1n) is 8.57. The highest BCUT2D eigenvalue weighted by Crippen LogP contribution is 2.28. The third-order valence-corrected chi connectivity index (χ3v) is 4.53. The van der Waals surface area contributed by atoms with E-state index in [0.29, 0.717) is 41.6 Å². The molecule has 0 atom stereocenters. The number of carbonyl (C=O) groups is 1. The molecule has 1 aromatic carbocycles. The van der Waals surface area contributed by atoms with Crippen LogP contribution in [0.2, 0.25) is 0 Å². The maximum atomic E-state index is 12.1. The number of aromatic nitrogens is 2. The van der Waals surface area contributed by atoms with E-state index in [1.54, 1.807) is 24.4 Å². The molecule has 28 heavy (non-hydrogen) atoms. The molecule has 8 heteroatoms. The first-order valence-corrected chi connectivity index (χ1v) is 9.45. The summed E-state index contributed by atoms with van der Waals surface area (Å²) in [5.41, 5.74) is 2.00. The van der Waals surface area contributed by atoms with Crippen molar-refractivity contribution in [2.24, 2.45) is 0 Å². The summed E-state index contributed by atoms with van der Waals surface area (Å²) in [6.07, 6.45) is 2.54. The van der Waals surface area contributed by atoms with E-state index in [4.69, 9.17) is 14.7 Å². The normalized spacial score (nSPS) is 10.1. The molecule has 1 amide bonds. The highest BCUT2D eigenvalue weighted by atomic mass is 32.1. The van der Waals surface area contributed by atoms with Gasteiger partial charge in [-0.05, 0) is 30.7 Å². The van der Waals surface area contributed by atoms with E-state index in [0.717, 1.165) is 11.4 Å². The lowest BCUT2D eigenvalue weighted by Gasteiger charge is -2.10. The van der Waals surface area contributed by atoms with E-state index in [1.165, 1.54) is 18.4 Å². The Balaban J connectivity index is 1.45. The number of amides is 1. The van der Waals surface area contributed by atoms with Gasteiger partial charge in [-0.3, -0.25) is 9.78 Å². The van der Waals surface area contributed by atoms with Crippen molar-refractivity contribution in [3.63, 3.8) is 0 Å². The quantitative estimate of drug-likeness (QED) is 0.582. The van der Waals surface area contributed by atoms with E-state index in [9.17, 15) is 4.79 Å². The number of hydrogen-bond donors (Lipinski definition) is 1. The number of carbonyl (C=O) groups excluding carboxylic acids is 1. The van der Waals surface area contributed by atoms with Crippen LogP contribution in [0.25, 0.3) is 11.4 Å². The minimum absolute atomic E-state index is 0.127. The van der Waals surface area contributed by atoms with Gasteiger partial charge in [0.15, 0.2) is 16.6 Å². The van der Waals surface area contributed by atoms with Crippen molar-refractivity contribution in [2.45, 2.75) is 12.8 Å². The average molecular weight is 394 g/mol. The lowest BCUT2D eigenvalue weighted by atomic mass is 10.2. The third-order valence-electron chi connectivity index (χ3n) is 3.78. The predicted molar refractivity (Wildman–Crippen MR) is 106 cm³/mol. The van der Waals surface area contributed by atoms with Crippen LogP contribution in [-0.4, -0.2) is 29.6 Å². The second-order valence-electron chi connectivity index (χ2n) is 5.73. The second kappa shape index (κ2) is 9.48. The Kier molecular flexibility index (Phi) is 6.54. The van der Waals surface area contributed by atoms with Crippen molar-refractivity contribution >= 4 is 22.4 Å². The van der Waals surface area contributed by atoms with Gasteiger partial charge >= 0.3 is 0 Å². The average Bonchev–Trinajstić information content (AvgIpc) is 3.20. The summed E-state index contributed by atoms with van der Waals surface area (Å²) in [5, 5.41) is 14.1. The summed E-state index contributed by atoms with van der Waals surface area (Å²) >= 11 is 1.36. The van der Waals surface area contributed by atoms with Gasteiger partial charge in [-0.1, -0.05) is 6.07 Å². The number of thiazole rings is 1. The number of anilines is 1. The minimum atomic E-state index is -0.127. The number of hydrogen-bond acceptors (Lipinski definition) is 7. The van der Waals surface area contributed by atoms with Crippen LogP contribution in [0, 0.1) is 11.3 Å². The van der Waals surface area contributed by atoms with Gasteiger partial charge in [0.2, 0.25) is 5.91 Å². The molecule has 0 aliphatic rings. The molecule has 3 aromatic rings. The number of nitrogens with one attached hydrogen (secondary N) is 1. The molecule has 0 aliphatic heterocycles. The van der Waals surface area contributed by atoms with E-state index in [1.807, 2.05) is 29.6 Å². The Morgan fingerprint density at radius 2 is 2.14 bits per heavy atom. The predicted octanol–water partition coefficient (Wildman–Crippen LogP) is 3.88. The summed E-state index contributed by atoms with van der Waals surface area (Å²) in [5.74, 6) is 0.910. The van der Waals surface area contributed by atoms with Crippen LogP contribution in [0.1, 0.15) is 18.4 Å². The molecule has 0 unspecified atom stereocenters. The molecular formula is C20H18N4O3S. The summed E-state index contributed by atoms with van der Waals surface area (Å²) < 4.78 is 10.9. The highest BCUT2D eigenvalue weighted by molar-refractivity contribution is 7.14. The fourth-order valence-corrected chi connectivity index (χ4v) is 3.14. The van der Waals surface area contributed by atoms with Crippen LogP contribution in [0.5, 0.6) is 11.5 Å². The molecule has 0 spiro atoms. The fraction of sp³-hybridized carbons (Fsp3) is 0.200. The SMILES string of the molecule is COc1cc(C#N)ccc1OCCCC(=O)Nc1nc(-c2ccccn2)cs1. The van der Waals surface area contributed by atoms with Gasteiger partial charge in [0.05, 0.1) is 31.0 Å². The van der Waals surface area contributed by atoms with Gasteiger partial charge in [-0.15, -0.1) is 11.3 Å². The first-order chi connectivity index (χ1) is 13.7. The van der Waals surface area contributed by atoms with Crippen molar-refractivity contribution in [3.05, 3.63) is 53.5 Å². The van der Waals surface area contributed by atoms with Crippen LogP contribution in [-0.2, 0) is 4.79 Å². The number of nitrogens with zero attached hydrogens (tertiary/aromatic N) is 3. The smallest absolute Gasteiger partial charge is 0.226 e. The Labute approximate surface area is 166 Å². The van der Waals surface area contributed by atoms with Crippen LogP contribution < -0.4 is 14.8 Å². The van der Waals surface area contributed by atoms with Crippen LogP contribution in [0.15, 0.2) is 48.0 Å². The Morgan fingerprint density at radius 3 is 2.89 bits per heavy atom. The fourth-order valence-electron chi connectivity index (χ4n) is 2.42. The summed E-state index contributed by atoms with van der Waals surface area (Å²) in [7, 11) is 1.52. The Morgan fingerprint density at radius 1 is 1.25 bits per heavy atom. The number of benzene rings is 1. The van der Waals surface area contributed by atoms with E-state index >= 15 is 0 Å². The second-order valence-corrected chi connectivity index (χ2v) is 6.59. The van der Waals surface area contributed by atoms with E-state index in [2.05, 4.69) is 15.3 Å². The highest BCUT2D eigenvalue weighted by Gasteiger charge is 2.10. The lowest BCUT2D eigenvalue weighted by molar-refractivity contribution is -0.116. The van der Waals surface area contributed by atoms with E-state index < -0.39 is 0 Å². The number of rotatable bonds is 8. The zero-order valence-corrected chi connectivity index (χ0v) is 16.0. The van der Waals surface area contributed by atoms with Crippen molar-refractivity contribution in [1.29, 1.82) is 5.26 Å². The molecule has 0 bridgehead atoms. The molecule has 1 N–H and O–H groups in total. The maximum Gasteiger partial charge on any atom is 0.226 e. The lowest BCUT2D eigenvalue weighted by Crippen LogP contribution is -2.12. The first kappa shape index (κ1) is 19.3. The third kappa shape index (κ3) is 5.05. The van der Waals surface area contributed by atoms with Gasteiger partial charge in [-0.2, -0.15) is 5.26 Å². The van der Waals surface area contributed by atoms with Crippen LogP contribution in [0.4, 0.5) is 5.13 Å². The molecule has 2 heterocycles. The zero-order valence-electron chi connectivity index (χ0n) is 15.2. The van der Waals surface area contributed by atoms with Gasteiger partial charge in [-0.25, -0.2) is 4.98 Å². The number of ether oxygens (including phenoxy) is 2. The molecule has 0 radical (unpaired) electrons. The molecule has 3 rings (SSSR count). The molecular weight excluding hydrogens is 376 g/mol. The summed E-state index contributed by atoms with van der Waals surface area (Å²) in [6, 6.07) is 12.6. The molecule has 7 nitrogen and oxygen atoms in total. The van der Waals surface area contributed by atoms with Gasteiger partial charge in [0.1, 0.15) is 5.69 Å². The van der Waals surface area contributed by atoms with Gasteiger partial charge < -0.3 is 14.8 Å². The van der Waals surface area contributed by atoms with Crippen molar-refractivity contribution in [3.8, 4) is 29.0 Å². The van der Waals surface area contributed by atoms with Gasteiger partial charge in [0.25, 0.3) is 0 Å². The molecule has 0 aliphatic carbocycles. The largest absolute Gasteiger partial charge is 0.493 e. The van der Waals surface area contributed by atoms with Crippen molar-refractivity contribution in [1.82, 2.24) is 9.97 Å². The molecule has 0 saturated heterocycles. The minimum Gasteiger partial charge on any atom is -0.493 e. The molecule has 0 fully saturated rings. The molecule has 0 saturated carbocycles. The topological polar surface area (TPSA) is 97.1 Å². The van der Waals surface area contributed by atoms with Gasteiger partial charge in [0, 0.05) is 24.1 Å². The molecule has 142 valence electrons. The Hall–Kier alpha value is -3.44. The Bertz CT molecular complexity index is 983. The van der Waals surface area contributed by atoms with Crippen LogP contribution >= 0.6 is 11.3 Å². The number of nitriles is 1. The monoisotopic (exact) mass is 394 g/mol. The maximum absolute atomic E-state index is 12.1. The van der Waals surface area contributed by atoms with E-state index in [-0.39, 0.29) is 5.91 Å². The van der Waals surface area contributed by atoms with Crippen molar-refractivity contribution < 1.29 is 14.3 Å². The molecule has 2 aromatic heterocycles. The zero-order chi connectivity index (χ0) is 19.8. The summed E-state index contributed by atoms with van der Waals surface area (Å²) in [6.45, 7) is 0.354. The number of pyridine rings is 1. The summed E-state index contributed by atoms with van der Waals surface area (Å²) in [4.78, 5) is 20.7. The number of methoxy groups -OCH3 is 1.